The van der Waals surface area contributed by atoms with E-state index in [2.05, 4.69) is 10.3 Å². The molecule has 0 radical (unpaired) electrons. The van der Waals surface area contributed by atoms with Gasteiger partial charge in [0.1, 0.15) is 6.10 Å². The number of carbonyl (C=O) groups excluding carboxylic acids is 1. The number of carbonyl (C=O) groups is 1. The number of aromatic nitrogens is 1. The van der Waals surface area contributed by atoms with Gasteiger partial charge in [-0.05, 0) is 37.7 Å². The van der Waals surface area contributed by atoms with Crippen LogP contribution in [-0.4, -0.2) is 29.6 Å². The molecular weight excluding hydrogens is 244 g/mol. The molecule has 1 saturated heterocycles. The summed E-state index contributed by atoms with van der Waals surface area (Å²) in [5.74, 6) is 0.00961. The molecule has 2 N–H and O–H groups in total. The van der Waals surface area contributed by atoms with E-state index in [1.54, 1.807) is 6.07 Å². The highest BCUT2D eigenvalue weighted by Gasteiger charge is 2.27. The average molecular weight is 262 g/mol. The number of fused-ring (bicyclic) bond motifs is 1. The Morgan fingerprint density at radius 1 is 1.37 bits per heavy atom. The zero-order chi connectivity index (χ0) is 13.2. The molecule has 5 nitrogen and oxygen atoms in total. The van der Waals surface area contributed by atoms with Gasteiger partial charge in [-0.25, -0.2) is 0 Å². The number of aryl methyl sites for hydroxylation is 1. The summed E-state index contributed by atoms with van der Waals surface area (Å²) >= 11 is 0. The third kappa shape index (κ3) is 2.71. The predicted octanol–water partition coefficient (Wildman–Crippen LogP) is 0.527. The summed E-state index contributed by atoms with van der Waals surface area (Å²) in [5, 5.41) is 3.06. The fraction of sp³-hybridized carbons (Fsp3) is 0.571. The molecule has 0 spiro atoms. The smallest absolute Gasteiger partial charge is 0.249 e. The first kappa shape index (κ1) is 12.4. The Hall–Kier alpha value is -1.62. The molecule has 2 atom stereocenters. The second-order valence-electron chi connectivity index (χ2n) is 5.28. The lowest BCUT2D eigenvalue weighted by atomic mass is 9.91. The van der Waals surface area contributed by atoms with Crippen molar-refractivity contribution in [2.45, 2.75) is 44.2 Å². The first-order valence-electron chi connectivity index (χ1n) is 6.85. The van der Waals surface area contributed by atoms with Crippen molar-refractivity contribution in [3.8, 4) is 0 Å². The number of H-pyrrole nitrogens is 1. The zero-order valence-electron chi connectivity index (χ0n) is 10.8. The normalized spacial score (nSPS) is 25.9. The number of hydrogen-bond acceptors (Lipinski definition) is 3. The van der Waals surface area contributed by atoms with Gasteiger partial charge in [-0.15, -0.1) is 0 Å². The number of nitrogens with one attached hydrogen (secondary N) is 2. The Morgan fingerprint density at radius 2 is 2.26 bits per heavy atom. The summed E-state index contributed by atoms with van der Waals surface area (Å²) in [7, 11) is 0. The molecule has 3 rings (SSSR count). The number of hydrogen-bond donors (Lipinski definition) is 2. The van der Waals surface area contributed by atoms with E-state index in [0.29, 0.717) is 6.61 Å². The van der Waals surface area contributed by atoms with Gasteiger partial charge in [0.2, 0.25) is 11.5 Å². The molecule has 5 heteroatoms. The molecule has 1 aliphatic carbocycles. The summed E-state index contributed by atoms with van der Waals surface area (Å²) in [6.45, 7) is 0.687. The van der Waals surface area contributed by atoms with Gasteiger partial charge < -0.3 is 15.0 Å². The molecule has 102 valence electrons. The Labute approximate surface area is 111 Å². The minimum atomic E-state index is -0.267. The maximum Gasteiger partial charge on any atom is 0.249 e. The van der Waals surface area contributed by atoms with E-state index in [-0.39, 0.29) is 23.6 Å². The summed E-state index contributed by atoms with van der Waals surface area (Å²) in [5.41, 5.74) is 2.08. The minimum Gasteiger partial charge on any atom is -0.368 e. The first-order chi connectivity index (χ1) is 9.22. The van der Waals surface area contributed by atoms with Gasteiger partial charge >= 0.3 is 0 Å². The van der Waals surface area contributed by atoms with Gasteiger partial charge in [0, 0.05) is 24.4 Å². The zero-order valence-corrected chi connectivity index (χ0v) is 10.8. The molecule has 1 aromatic heterocycles. The molecule has 1 aromatic rings. The van der Waals surface area contributed by atoms with Gasteiger partial charge in [-0.2, -0.15) is 0 Å². The van der Waals surface area contributed by atoms with Crippen LogP contribution < -0.4 is 10.9 Å². The molecule has 0 saturated carbocycles. The molecule has 1 unspecified atom stereocenters. The van der Waals surface area contributed by atoms with E-state index in [1.807, 2.05) is 6.07 Å². The third-order valence-electron chi connectivity index (χ3n) is 3.88. The summed E-state index contributed by atoms with van der Waals surface area (Å²) in [6, 6.07) is 3.55. The molecule has 0 bridgehead atoms. The summed E-state index contributed by atoms with van der Waals surface area (Å²) < 4.78 is 5.38. The lowest BCUT2D eigenvalue weighted by Crippen LogP contribution is -2.44. The number of rotatable bonds is 2. The maximum atomic E-state index is 12.0. The van der Waals surface area contributed by atoms with Gasteiger partial charge in [0.05, 0.1) is 0 Å². The molecule has 2 heterocycles. The van der Waals surface area contributed by atoms with E-state index < -0.39 is 0 Å². The number of ether oxygens (including phenoxy) is 1. The highest BCUT2D eigenvalue weighted by atomic mass is 16.5. The minimum absolute atomic E-state index is 0.00961. The monoisotopic (exact) mass is 262 g/mol. The van der Waals surface area contributed by atoms with Crippen LogP contribution in [0.5, 0.6) is 0 Å². The highest BCUT2D eigenvalue weighted by molar-refractivity contribution is 5.81. The van der Waals surface area contributed by atoms with Gasteiger partial charge in [-0.3, -0.25) is 9.59 Å². The molecule has 1 fully saturated rings. The fourth-order valence-corrected chi connectivity index (χ4v) is 2.85. The maximum absolute atomic E-state index is 12.0. The van der Waals surface area contributed by atoms with Crippen molar-refractivity contribution < 1.29 is 9.53 Å². The lowest BCUT2D eigenvalue weighted by Gasteiger charge is -2.26. The second kappa shape index (κ2) is 5.17. The van der Waals surface area contributed by atoms with Crippen molar-refractivity contribution in [1.82, 2.24) is 10.3 Å². The average Bonchev–Trinajstić information content (AvgIpc) is 2.93. The van der Waals surface area contributed by atoms with Crippen LogP contribution >= 0.6 is 0 Å². The third-order valence-corrected chi connectivity index (χ3v) is 3.88. The fourth-order valence-electron chi connectivity index (χ4n) is 2.85. The Morgan fingerprint density at radius 3 is 3.05 bits per heavy atom. The van der Waals surface area contributed by atoms with Crippen molar-refractivity contribution in [2.75, 3.05) is 6.61 Å². The van der Waals surface area contributed by atoms with Gasteiger partial charge in [0.15, 0.2) is 0 Å². The quantitative estimate of drug-likeness (QED) is 0.816. The Balaban J connectivity index is 1.63. The van der Waals surface area contributed by atoms with Crippen LogP contribution in [0, 0.1) is 0 Å². The van der Waals surface area contributed by atoms with E-state index in [9.17, 15) is 9.59 Å². The van der Waals surface area contributed by atoms with Crippen LogP contribution in [0.25, 0.3) is 0 Å². The Bertz CT molecular complexity index is 532. The lowest BCUT2D eigenvalue weighted by molar-refractivity contribution is -0.130. The standard InChI is InChI=1S/C14H18N2O3/c17-13-6-3-9-8-10(4-5-11(9)16-13)15-14(18)12-2-1-7-19-12/h3,6,10,12H,1-2,4-5,7-8H2,(H,15,18)(H,16,17)/t10?,12-/m0/s1. The largest absolute Gasteiger partial charge is 0.368 e. The first-order valence-corrected chi connectivity index (χ1v) is 6.85. The number of amides is 1. The van der Waals surface area contributed by atoms with E-state index >= 15 is 0 Å². The summed E-state index contributed by atoms with van der Waals surface area (Å²) in [6.07, 6.45) is 3.98. The molecule has 0 aromatic carbocycles. The van der Waals surface area contributed by atoms with E-state index in [0.717, 1.165) is 43.4 Å². The van der Waals surface area contributed by atoms with Crippen LogP contribution in [0.2, 0.25) is 0 Å². The summed E-state index contributed by atoms with van der Waals surface area (Å²) in [4.78, 5) is 26.1. The van der Waals surface area contributed by atoms with Gasteiger partial charge in [0.25, 0.3) is 0 Å². The molecule has 2 aliphatic rings. The topological polar surface area (TPSA) is 71.2 Å². The van der Waals surface area contributed by atoms with Gasteiger partial charge in [-0.1, -0.05) is 6.07 Å². The second-order valence-corrected chi connectivity index (χ2v) is 5.28. The number of aromatic amines is 1. The number of pyridine rings is 1. The van der Waals surface area contributed by atoms with E-state index in [4.69, 9.17) is 4.74 Å². The molecule has 1 aliphatic heterocycles. The van der Waals surface area contributed by atoms with Crippen molar-refractivity contribution in [1.29, 1.82) is 0 Å². The SMILES string of the molecule is O=C(NC1CCc2[nH]c(=O)ccc2C1)[C@@H]1CCCO1. The van der Waals surface area contributed by atoms with Crippen LogP contribution in [0.4, 0.5) is 0 Å². The Kier molecular flexibility index (Phi) is 3.38. The van der Waals surface area contributed by atoms with Crippen LogP contribution in [0.15, 0.2) is 16.9 Å². The van der Waals surface area contributed by atoms with Crippen LogP contribution in [0.3, 0.4) is 0 Å². The van der Waals surface area contributed by atoms with Crippen molar-refractivity contribution >= 4 is 5.91 Å². The van der Waals surface area contributed by atoms with Crippen molar-refractivity contribution in [3.63, 3.8) is 0 Å². The molecule has 19 heavy (non-hydrogen) atoms. The molecular formula is C14H18N2O3. The predicted molar refractivity (Wildman–Crippen MR) is 70.0 cm³/mol. The van der Waals surface area contributed by atoms with E-state index in [1.165, 1.54) is 0 Å². The van der Waals surface area contributed by atoms with Crippen LogP contribution in [0.1, 0.15) is 30.5 Å². The van der Waals surface area contributed by atoms with Crippen LogP contribution in [-0.2, 0) is 22.4 Å². The van der Waals surface area contributed by atoms with Crippen molar-refractivity contribution in [3.05, 3.63) is 33.7 Å². The molecule has 1 amide bonds. The van der Waals surface area contributed by atoms with Crippen molar-refractivity contribution in [2.24, 2.45) is 0 Å². The highest BCUT2D eigenvalue weighted by Crippen LogP contribution is 2.19.